The number of nitro groups is 1. The molecule has 0 saturated heterocycles. The Balaban J connectivity index is 1.69. The van der Waals surface area contributed by atoms with Gasteiger partial charge in [0.2, 0.25) is 5.91 Å². The average molecular weight is 565 g/mol. The number of benzene rings is 2. The minimum Gasteiger partial charge on any atom is -0.342 e. The van der Waals surface area contributed by atoms with Crippen molar-refractivity contribution in [2.75, 3.05) is 11.1 Å². The number of carbonyl (C=O) groups is 2. The summed E-state index contributed by atoms with van der Waals surface area (Å²) >= 11 is 13.3. The number of amides is 2. The number of non-ortho nitro benzene ring substituents is 1. The zero-order valence-corrected chi connectivity index (χ0v) is 22.9. The maximum absolute atomic E-state index is 12.9. The maximum Gasteiger partial charge on any atom is 0.269 e. The van der Waals surface area contributed by atoms with Gasteiger partial charge in [0.25, 0.3) is 11.6 Å². The molecule has 37 heavy (non-hydrogen) atoms. The van der Waals surface area contributed by atoms with Crippen molar-refractivity contribution in [3.8, 4) is 0 Å². The molecule has 0 saturated carbocycles. The summed E-state index contributed by atoms with van der Waals surface area (Å²) in [4.78, 5) is 35.9. The van der Waals surface area contributed by atoms with Gasteiger partial charge in [-0.25, -0.2) is 0 Å². The van der Waals surface area contributed by atoms with Crippen LogP contribution in [0.4, 0.5) is 11.4 Å². The van der Waals surface area contributed by atoms with Crippen LogP contribution in [0.15, 0.2) is 41.6 Å². The molecule has 0 aliphatic heterocycles. The molecule has 2 N–H and O–H groups in total. The van der Waals surface area contributed by atoms with Crippen LogP contribution in [0, 0.1) is 23.0 Å². The summed E-state index contributed by atoms with van der Waals surface area (Å²) in [6, 6.07) is 8.47. The number of thioether (sulfide) groups is 1. The van der Waals surface area contributed by atoms with Crippen molar-refractivity contribution in [2.45, 2.75) is 38.4 Å². The van der Waals surface area contributed by atoms with Crippen molar-refractivity contribution < 1.29 is 14.5 Å². The van der Waals surface area contributed by atoms with Gasteiger partial charge in [-0.3, -0.25) is 19.7 Å². The highest BCUT2D eigenvalue weighted by atomic mass is 35.5. The zero-order valence-electron chi connectivity index (χ0n) is 20.6. The molecule has 13 heteroatoms. The van der Waals surface area contributed by atoms with Crippen LogP contribution in [0.25, 0.3) is 0 Å². The molecule has 3 aromatic rings. The third kappa shape index (κ3) is 7.43. The Bertz CT molecular complexity index is 1330. The lowest BCUT2D eigenvalue weighted by molar-refractivity contribution is -0.384. The summed E-state index contributed by atoms with van der Waals surface area (Å²) in [6.07, 6.45) is 0.605. The second-order valence-corrected chi connectivity index (χ2v) is 10.6. The van der Waals surface area contributed by atoms with Crippen molar-refractivity contribution in [1.82, 2.24) is 20.1 Å². The van der Waals surface area contributed by atoms with Gasteiger partial charge in [0.15, 0.2) is 11.0 Å². The van der Waals surface area contributed by atoms with E-state index in [0.29, 0.717) is 39.2 Å². The van der Waals surface area contributed by atoms with Crippen molar-refractivity contribution in [1.29, 1.82) is 0 Å². The first-order valence-corrected chi connectivity index (χ1v) is 13.0. The third-order valence-electron chi connectivity index (χ3n) is 5.40. The van der Waals surface area contributed by atoms with Crippen molar-refractivity contribution in [3.05, 3.63) is 73.5 Å². The summed E-state index contributed by atoms with van der Waals surface area (Å²) in [7, 11) is 1.77. The second kappa shape index (κ2) is 12.4. The Kier molecular flexibility index (Phi) is 9.52. The predicted octanol–water partition coefficient (Wildman–Crippen LogP) is 5.59. The maximum atomic E-state index is 12.9. The lowest BCUT2D eigenvalue weighted by Crippen LogP contribution is -2.31. The normalized spacial score (nSPS) is 11.9. The summed E-state index contributed by atoms with van der Waals surface area (Å²) in [6.45, 7) is 5.75. The molecule has 1 heterocycles. The number of nitrogens with zero attached hydrogens (tertiary/aromatic N) is 4. The average Bonchev–Trinajstić information content (AvgIpc) is 3.18. The first kappa shape index (κ1) is 28.4. The van der Waals surface area contributed by atoms with E-state index in [1.54, 1.807) is 30.7 Å². The summed E-state index contributed by atoms with van der Waals surface area (Å²) < 4.78 is 1.74. The Hall–Kier alpha value is -3.15. The number of nitrogens with one attached hydrogen (secondary N) is 2. The molecule has 1 atom stereocenters. The fourth-order valence-corrected chi connectivity index (χ4v) is 4.80. The molecule has 2 amide bonds. The SMILES string of the molecule is Cc1cc([N+](=O)[O-])ccc1NC(=O)CSc1nnc([C@@H](CC(C)C)NC(=O)c2ccc(Cl)cc2Cl)n1C. The van der Waals surface area contributed by atoms with Gasteiger partial charge in [0.1, 0.15) is 0 Å². The van der Waals surface area contributed by atoms with Crippen LogP contribution in [0.3, 0.4) is 0 Å². The van der Waals surface area contributed by atoms with Gasteiger partial charge in [-0.2, -0.15) is 0 Å². The molecule has 10 nitrogen and oxygen atoms in total. The molecule has 0 aliphatic carbocycles. The molecule has 0 fully saturated rings. The van der Waals surface area contributed by atoms with Crippen LogP contribution in [0.1, 0.15) is 48.1 Å². The standard InChI is InChI=1S/C24H26Cl2N6O4S/c1-13(2)9-20(28-23(34)17-7-5-15(25)11-18(17)26)22-29-30-24(31(22)4)37-12-21(33)27-19-8-6-16(32(35)36)10-14(19)3/h5-8,10-11,13,20H,9,12H2,1-4H3,(H,27,33)(H,28,34)/t20-/m1/s1. The van der Waals surface area contributed by atoms with Gasteiger partial charge in [0, 0.05) is 29.9 Å². The number of rotatable bonds is 10. The number of anilines is 1. The Morgan fingerprint density at radius 1 is 1.16 bits per heavy atom. The molecule has 0 unspecified atom stereocenters. The minimum atomic E-state index is -0.487. The number of carbonyl (C=O) groups excluding carboxylic acids is 2. The Morgan fingerprint density at radius 2 is 1.89 bits per heavy atom. The molecule has 0 aliphatic rings. The van der Waals surface area contributed by atoms with E-state index in [1.807, 2.05) is 13.8 Å². The fourth-order valence-electron chi connectivity index (χ4n) is 3.58. The summed E-state index contributed by atoms with van der Waals surface area (Å²) in [5.41, 5.74) is 1.34. The van der Waals surface area contributed by atoms with E-state index in [2.05, 4.69) is 20.8 Å². The molecular formula is C24H26Cl2N6O4S. The lowest BCUT2D eigenvalue weighted by Gasteiger charge is -2.20. The van der Waals surface area contributed by atoms with Crippen LogP contribution >= 0.6 is 35.0 Å². The van der Waals surface area contributed by atoms with E-state index < -0.39 is 11.0 Å². The van der Waals surface area contributed by atoms with E-state index >= 15 is 0 Å². The topological polar surface area (TPSA) is 132 Å². The van der Waals surface area contributed by atoms with Crippen molar-refractivity contribution in [3.63, 3.8) is 0 Å². The highest BCUT2D eigenvalue weighted by molar-refractivity contribution is 7.99. The summed E-state index contributed by atoms with van der Waals surface area (Å²) in [5.74, 6) is 0.179. The number of aromatic nitrogens is 3. The number of halogens is 2. The predicted molar refractivity (Wildman–Crippen MR) is 144 cm³/mol. The van der Waals surface area contributed by atoms with Crippen LogP contribution in [-0.4, -0.2) is 37.3 Å². The molecule has 2 aromatic carbocycles. The number of nitro benzene ring substituents is 1. The van der Waals surface area contributed by atoms with Crippen LogP contribution < -0.4 is 10.6 Å². The quantitative estimate of drug-likeness (QED) is 0.186. The highest BCUT2D eigenvalue weighted by Gasteiger charge is 2.24. The molecule has 0 spiro atoms. The van der Waals surface area contributed by atoms with Gasteiger partial charge in [-0.1, -0.05) is 48.8 Å². The van der Waals surface area contributed by atoms with E-state index in [1.165, 1.54) is 36.0 Å². The molecule has 3 rings (SSSR count). The first-order valence-electron chi connectivity index (χ1n) is 11.3. The zero-order chi connectivity index (χ0) is 27.3. The number of hydrogen-bond acceptors (Lipinski definition) is 7. The van der Waals surface area contributed by atoms with E-state index in [9.17, 15) is 19.7 Å². The van der Waals surface area contributed by atoms with E-state index in [4.69, 9.17) is 23.2 Å². The molecule has 196 valence electrons. The smallest absolute Gasteiger partial charge is 0.269 e. The first-order chi connectivity index (χ1) is 17.5. The number of hydrogen-bond donors (Lipinski definition) is 2. The fraction of sp³-hybridized carbons (Fsp3) is 0.333. The highest BCUT2D eigenvalue weighted by Crippen LogP contribution is 2.27. The van der Waals surface area contributed by atoms with Crippen LogP contribution in [0.2, 0.25) is 10.0 Å². The van der Waals surface area contributed by atoms with Crippen LogP contribution in [-0.2, 0) is 11.8 Å². The van der Waals surface area contributed by atoms with E-state index in [-0.39, 0.29) is 34.2 Å². The minimum absolute atomic E-state index is 0.0436. The molecule has 0 bridgehead atoms. The molecule has 1 aromatic heterocycles. The Labute approximate surface area is 228 Å². The van der Waals surface area contributed by atoms with Crippen molar-refractivity contribution >= 4 is 58.2 Å². The van der Waals surface area contributed by atoms with Crippen molar-refractivity contribution in [2.24, 2.45) is 13.0 Å². The van der Waals surface area contributed by atoms with Gasteiger partial charge < -0.3 is 15.2 Å². The Morgan fingerprint density at radius 3 is 2.51 bits per heavy atom. The second-order valence-electron chi connectivity index (χ2n) is 8.77. The van der Waals surface area contributed by atoms with Gasteiger partial charge in [-0.15, -0.1) is 10.2 Å². The molecular weight excluding hydrogens is 539 g/mol. The van der Waals surface area contributed by atoms with Crippen LogP contribution in [0.5, 0.6) is 0 Å². The van der Waals surface area contributed by atoms with Gasteiger partial charge >= 0.3 is 0 Å². The monoisotopic (exact) mass is 564 g/mol. The van der Waals surface area contributed by atoms with E-state index in [0.717, 1.165) is 0 Å². The van der Waals surface area contributed by atoms with Gasteiger partial charge in [-0.05, 0) is 49.1 Å². The van der Waals surface area contributed by atoms with Gasteiger partial charge in [0.05, 0.1) is 27.3 Å². The lowest BCUT2D eigenvalue weighted by atomic mass is 10.0. The summed E-state index contributed by atoms with van der Waals surface area (Å²) in [5, 5.41) is 26.3. The third-order valence-corrected chi connectivity index (χ3v) is 6.96. The number of aryl methyl sites for hydroxylation is 1. The largest absolute Gasteiger partial charge is 0.342 e. The molecule has 0 radical (unpaired) electrons.